The fourth-order valence-corrected chi connectivity index (χ4v) is 14.1. The third-order valence-electron chi connectivity index (χ3n) is 15.9. The molecule has 4 nitrogen and oxygen atoms in total. The van der Waals surface area contributed by atoms with E-state index in [4.69, 9.17) is 15.0 Å². The summed E-state index contributed by atoms with van der Waals surface area (Å²) >= 11 is 0. The number of nitriles is 1. The second kappa shape index (κ2) is 13.3. The van der Waals surface area contributed by atoms with Gasteiger partial charge in [-0.3, -0.25) is 0 Å². The van der Waals surface area contributed by atoms with E-state index in [1.54, 1.807) is 11.1 Å². The van der Waals surface area contributed by atoms with Crippen LogP contribution < -0.4 is 0 Å². The van der Waals surface area contributed by atoms with Gasteiger partial charge < -0.3 is 0 Å². The van der Waals surface area contributed by atoms with Crippen molar-refractivity contribution in [2.75, 3.05) is 0 Å². The Labute approximate surface area is 342 Å². The quantitative estimate of drug-likeness (QED) is 0.163. The molecule has 0 N–H and O–H groups in total. The van der Waals surface area contributed by atoms with E-state index in [0.717, 1.165) is 63.3 Å². The van der Waals surface area contributed by atoms with Gasteiger partial charge in [0.2, 0.25) is 0 Å². The Morgan fingerprint density at radius 1 is 0.379 bits per heavy atom. The first-order valence-corrected chi connectivity index (χ1v) is 22.1. The zero-order valence-electron chi connectivity index (χ0n) is 33.3. The Bertz CT molecular complexity index is 2360. The molecule has 6 aromatic rings. The predicted molar refractivity (Wildman–Crippen MR) is 231 cm³/mol. The lowest BCUT2D eigenvalue weighted by atomic mass is 9.48. The Kier molecular flexibility index (Phi) is 7.95. The summed E-state index contributed by atoms with van der Waals surface area (Å²) in [4.78, 5) is 15.3. The molecule has 14 rings (SSSR count). The van der Waals surface area contributed by atoms with E-state index in [0.29, 0.717) is 33.9 Å². The summed E-state index contributed by atoms with van der Waals surface area (Å²) in [5, 5.41) is 9.50. The minimum absolute atomic E-state index is 0.396. The average Bonchev–Trinajstić information content (AvgIpc) is 3.26. The van der Waals surface area contributed by atoms with Gasteiger partial charge in [0, 0.05) is 16.7 Å². The standard InChI is InChI=1S/C54H50N4/c55-33-34-7-9-43(10-8-34)50-56-51(46-5-1-3-44(25-46)41-11-15-48(16-12-41)53-27-35-19-36(28-53)21-37(20-35)29-53)58-52(57-50)47-6-2-4-45(26-47)42-13-17-49(18-14-42)54-30-38-22-39(31-54)24-40(23-38)32-54/h1-18,25-26,35-40H,19-24,27-32H2/t35-,36+,37-,38-,39+,40?,53?,54?. The molecule has 8 fully saturated rings. The third-order valence-corrected chi connectivity index (χ3v) is 15.9. The van der Waals surface area contributed by atoms with Crippen molar-refractivity contribution < 1.29 is 0 Å². The molecule has 0 unspecified atom stereocenters. The van der Waals surface area contributed by atoms with Crippen LogP contribution in [0.4, 0.5) is 0 Å². The average molecular weight is 755 g/mol. The maximum absolute atomic E-state index is 9.50. The van der Waals surface area contributed by atoms with Crippen LogP contribution in [0.2, 0.25) is 0 Å². The van der Waals surface area contributed by atoms with Gasteiger partial charge in [0.15, 0.2) is 17.5 Å². The van der Waals surface area contributed by atoms with Gasteiger partial charge in [-0.05, 0) is 193 Å². The highest BCUT2D eigenvalue weighted by Gasteiger charge is 2.52. The van der Waals surface area contributed by atoms with E-state index in [9.17, 15) is 5.26 Å². The lowest BCUT2D eigenvalue weighted by molar-refractivity contribution is -0.00530. The molecule has 8 aliphatic carbocycles. The van der Waals surface area contributed by atoms with Gasteiger partial charge in [0.1, 0.15) is 0 Å². The number of hydrogen-bond acceptors (Lipinski definition) is 4. The highest BCUT2D eigenvalue weighted by molar-refractivity contribution is 5.75. The molecule has 0 radical (unpaired) electrons. The normalized spacial score (nSPS) is 30.1. The molecule has 0 atom stereocenters. The van der Waals surface area contributed by atoms with Crippen molar-refractivity contribution in [3.8, 4) is 62.5 Å². The molecule has 1 aromatic heterocycles. The van der Waals surface area contributed by atoms with E-state index < -0.39 is 0 Å². The van der Waals surface area contributed by atoms with Crippen LogP contribution in [-0.2, 0) is 10.8 Å². The van der Waals surface area contributed by atoms with Crippen LogP contribution in [0.15, 0.2) is 121 Å². The second-order valence-corrected chi connectivity index (χ2v) is 19.7. The molecule has 58 heavy (non-hydrogen) atoms. The molecular weight excluding hydrogens is 705 g/mol. The van der Waals surface area contributed by atoms with Gasteiger partial charge in [0.25, 0.3) is 0 Å². The third kappa shape index (κ3) is 5.95. The van der Waals surface area contributed by atoms with Crippen molar-refractivity contribution in [2.45, 2.75) is 87.9 Å². The molecule has 8 aliphatic rings. The van der Waals surface area contributed by atoms with E-state index >= 15 is 0 Å². The summed E-state index contributed by atoms with van der Waals surface area (Å²) in [6.07, 6.45) is 17.1. The molecule has 0 aliphatic heterocycles. The zero-order chi connectivity index (χ0) is 38.4. The van der Waals surface area contributed by atoms with Crippen LogP contribution >= 0.6 is 0 Å². The second-order valence-electron chi connectivity index (χ2n) is 19.7. The lowest BCUT2D eigenvalue weighted by Crippen LogP contribution is -2.48. The van der Waals surface area contributed by atoms with Crippen LogP contribution in [0.1, 0.15) is 93.7 Å². The molecule has 8 saturated carbocycles. The molecule has 0 amide bonds. The van der Waals surface area contributed by atoms with Crippen molar-refractivity contribution in [1.29, 1.82) is 5.26 Å². The summed E-state index contributed by atoms with van der Waals surface area (Å²) < 4.78 is 0. The maximum atomic E-state index is 9.50. The maximum Gasteiger partial charge on any atom is 0.164 e. The Morgan fingerprint density at radius 2 is 0.707 bits per heavy atom. The Hall–Kier alpha value is -5.40. The number of aromatic nitrogens is 3. The zero-order valence-corrected chi connectivity index (χ0v) is 33.3. The first-order valence-electron chi connectivity index (χ1n) is 22.1. The number of nitrogens with zero attached hydrogens (tertiary/aromatic N) is 4. The predicted octanol–water partition coefficient (Wildman–Crippen LogP) is 13.0. The number of hydrogen-bond donors (Lipinski definition) is 0. The molecule has 4 heteroatoms. The van der Waals surface area contributed by atoms with Crippen LogP contribution in [0.3, 0.4) is 0 Å². The highest BCUT2D eigenvalue weighted by Crippen LogP contribution is 2.62. The summed E-state index contributed by atoms with van der Waals surface area (Å²) in [6.45, 7) is 0. The van der Waals surface area contributed by atoms with Gasteiger partial charge in [-0.15, -0.1) is 0 Å². The van der Waals surface area contributed by atoms with Gasteiger partial charge in [-0.2, -0.15) is 5.26 Å². The fraction of sp³-hybridized carbons (Fsp3) is 0.370. The summed E-state index contributed by atoms with van der Waals surface area (Å²) in [5.74, 6) is 7.50. The highest BCUT2D eigenvalue weighted by atomic mass is 15.0. The van der Waals surface area contributed by atoms with E-state index in [1.165, 1.54) is 88.2 Å². The van der Waals surface area contributed by atoms with Gasteiger partial charge >= 0.3 is 0 Å². The van der Waals surface area contributed by atoms with Crippen LogP contribution in [-0.4, -0.2) is 15.0 Å². The minimum Gasteiger partial charge on any atom is -0.208 e. The van der Waals surface area contributed by atoms with Crippen molar-refractivity contribution in [1.82, 2.24) is 15.0 Å². The number of benzene rings is 5. The van der Waals surface area contributed by atoms with E-state index in [1.807, 2.05) is 24.3 Å². The Balaban J connectivity index is 0.872. The smallest absolute Gasteiger partial charge is 0.164 e. The van der Waals surface area contributed by atoms with Gasteiger partial charge in [-0.25, -0.2) is 15.0 Å². The summed E-state index contributed by atoms with van der Waals surface area (Å²) in [5.41, 5.74) is 12.1. The largest absolute Gasteiger partial charge is 0.208 e. The van der Waals surface area contributed by atoms with Crippen molar-refractivity contribution in [2.24, 2.45) is 35.5 Å². The fourth-order valence-electron chi connectivity index (χ4n) is 14.1. The van der Waals surface area contributed by atoms with Crippen LogP contribution in [0, 0.1) is 46.8 Å². The van der Waals surface area contributed by atoms with Crippen molar-refractivity contribution in [3.05, 3.63) is 138 Å². The monoisotopic (exact) mass is 754 g/mol. The van der Waals surface area contributed by atoms with E-state index in [-0.39, 0.29) is 0 Å². The summed E-state index contributed by atoms with van der Waals surface area (Å²) in [7, 11) is 0. The minimum atomic E-state index is 0.396. The SMILES string of the molecule is N#Cc1ccc(-c2nc(-c3cccc(-c4ccc(C56CC7C[C@H](C5)C[C@@H](C7)C6)cc4)c3)nc(-c3cccc(-c4ccc(C56C[C@H]7C[C@@H](C5)C[C@@H](C6)C7)cc4)c3)n2)cc1. The molecular formula is C54H50N4. The molecule has 286 valence electrons. The van der Waals surface area contributed by atoms with Gasteiger partial charge in [-0.1, -0.05) is 84.9 Å². The first-order chi connectivity index (χ1) is 28.4. The van der Waals surface area contributed by atoms with Crippen LogP contribution in [0.5, 0.6) is 0 Å². The van der Waals surface area contributed by atoms with Crippen LogP contribution in [0.25, 0.3) is 56.4 Å². The summed E-state index contributed by atoms with van der Waals surface area (Å²) in [6, 6.07) is 46.2. The van der Waals surface area contributed by atoms with E-state index in [2.05, 4.69) is 103 Å². The topological polar surface area (TPSA) is 62.5 Å². The lowest BCUT2D eigenvalue weighted by Gasteiger charge is -2.57. The van der Waals surface area contributed by atoms with Gasteiger partial charge in [0.05, 0.1) is 11.6 Å². The number of rotatable bonds is 7. The Morgan fingerprint density at radius 3 is 1.07 bits per heavy atom. The van der Waals surface area contributed by atoms with Crippen molar-refractivity contribution in [3.63, 3.8) is 0 Å². The first kappa shape index (κ1) is 34.6. The molecule has 5 aromatic carbocycles. The molecule has 8 bridgehead atoms. The van der Waals surface area contributed by atoms with Crippen molar-refractivity contribution >= 4 is 0 Å². The molecule has 1 heterocycles. The molecule has 0 saturated heterocycles. The molecule has 0 spiro atoms.